The Morgan fingerprint density at radius 3 is 2.73 bits per heavy atom. The van der Waals surface area contributed by atoms with Crippen molar-refractivity contribution < 1.29 is 18.7 Å². The minimum absolute atomic E-state index is 0.192. The van der Waals surface area contributed by atoms with E-state index >= 15 is 0 Å². The molecule has 30 heavy (non-hydrogen) atoms. The third-order valence-corrected chi connectivity index (χ3v) is 4.91. The summed E-state index contributed by atoms with van der Waals surface area (Å²) in [6.45, 7) is 4.11. The maximum atomic E-state index is 11.1. The van der Waals surface area contributed by atoms with Gasteiger partial charge in [-0.15, -0.1) is 0 Å². The molecule has 0 spiro atoms. The molecule has 0 aliphatic carbocycles. The number of esters is 1. The highest BCUT2D eigenvalue weighted by Crippen LogP contribution is 2.27. The number of nitrogens with zero attached hydrogens (tertiary/aromatic N) is 2. The minimum Gasteiger partial charge on any atom is -0.493 e. The molecule has 4 aromatic rings. The predicted molar refractivity (Wildman–Crippen MR) is 114 cm³/mol. The van der Waals surface area contributed by atoms with Gasteiger partial charge in [-0.2, -0.15) is 0 Å². The van der Waals surface area contributed by atoms with Gasteiger partial charge < -0.3 is 18.5 Å². The number of aromatic nitrogens is 2. The molecule has 0 bridgehead atoms. The first-order chi connectivity index (χ1) is 14.6. The molecule has 2 aromatic heterocycles. The molecule has 0 saturated heterocycles. The average molecular weight is 404 g/mol. The topological polar surface area (TPSA) is 66.5 Å². The van der Waals surface area contributed by atoms with Crippen LogP contribution < -0.4 is 4.74 Å². The van der Waals surface area contributed by atoms with Crippen LogP contribution in [-0.4, -0.2) is 22.1 Å². The van der Waals surface area contributed by atoms with Crippen LogP contribution in [0.15, 0.2) is 65.2 Å². The number of benzene rings is 2. The van der Waals surface area contributed by atoms with Crippen molar-refractivity contribution in [2.75, 3.05) is 6.61 Å². The lowest BCUT2D eigenvalue weighted by Gasteiger charge is -2.09. The second kappa shape index (κ2) is 8.86. The highest BCUT2D eigenvalue weighted by atomic mass is 16.5. The van der Waals surface area contributed by atoms with Gasteiger partial charge in [-0.3, -0.25) is 4.79 Å². The molecule has 6 heteroatoms. The number of hydrogen-bond acceptors (Lipinski definition) is 5. The third kappa shape index (κ3) is 4.38. The Labute approximate surface area is 175 Å². The number of fused-ring (bicyclic) bond motifs is 1. The van der Waals surface area contributed by atoms with Crippen molar-refractivity contribution in [3.8, 4) is 17.2 Å². The molecule has 2 heterocycles. The number of oxazole rings is 1. The Hall–Kier alpha value is -3.54. The summed E-state index contributed by atoms with van der Waals surface area (Å²) in [6.07, 6.45) is 3.50. The Kier molecular flexibility index (Phi) is 5.84. The number of carbonyl (C=O) groups is 1. The lowest BCUT2D eigenvalue weighted by atomic mass is 10.2. The molecule has 4 rings (SSSR count). The molecule has 0 aliphatic heterocycles. The van der Waals surface area contributed by atoms with Gasteiger partial charge in [0.2, 0.25) is 5.89 Å². The zero-order chi connectivity index (χ0) is 20.9. The largest absolute Gasteiger partial charge is 0.493 e. The second-order valence-electron chi connectivity index (χ2n) is 7.08. The highest BCUT2D eigenvalue weighted by molar-refractivity contribution is 5.86. The van der Waals surface area contributed by atoms with Gasteiger partial charge in [0, 0.05) is 24.1 Å². The zero-order valence-electron chi connectivity index (χ0n) is 17.1. The van der Waals surface area contributed by atoms with Crippen LogP contribution in [0.2, 0.25) is 0 Å². The van der Waals surface area contributed by atoms with Gasteiger partial charge in [0.15, 0.2) is 6.73 Å². The van der Waals surface area contributed by atoms with Crippen LogP contribution in [0, 0.1) is 6.92 Å². The molecule has 6 nitrogen and oxygen atoms in total. The van der Waals surface area contributed by atoms with Crippen LogP contribution in [0.1, 0.15) is 24.8 Å². The lowest BCUT2D eigenvalue weighted by Crippen LogP contribution is -2.05. The van der Waals surface area contributed by atoms with Gasteiger partial charge in [0.1, 0.15) is 11.5 Å². The molecule has 0 N–H and O–H groups in total. The van der Waals surface area contributed by atoms with Crippen molar-refractivity contribution in [1.29, 1.82) is 0 Å². The van der Waals surface area contributed by atoms with E-state index in [2.05, 4.69) is 4.98 Å². The number of hydrogen-bond donors (Lipinski definition) is 0. The lowest BCUT2D eigenvalue weighted by molar-refractivity contribution is -0.144. The number of carbonyl (C=O) groups excluding carboxylic acids is 1. The normalized spacial score (nSPS) is 11.0. The Bertz CT molecular complexity index is 1140. The standard InChI is InChI=1S/C24H24N2O4/c1-17-21(25-24(30-17)19-8-4-3-5-9-19)10-7-15-28-23-12-6-11-22-20(23)13-14-26(22)16-29-18(2)27/h3-6,8-9,11-14H,7,10,15-16H2,1-2H3. The molecule has 0 saturated carbocycles. The van der Waals surface area contributed by atoms with Crippen molar-refractivity contribution in [2.24, 2.45) is 0 Å². The molecule has 0 aliphatic rings. The summed E-state index contributed by atoms with van der Waals surface area (Å²) in [7, 11) is 0. The van der Waals surface area contributed by atoms with Crippen LogP contribution in [0.4, 0.5) is 0 Å². The molecule has 154 valence electrons. The van der Waals surface area contributed by atoms with Gasteiger partial charge in [-0.1, -0.05) is 24.3 Å². The van der Waals surface area contributed by atoms with Crippen LogP contribution >= 0.6 is 0 Å². The fourth-order valence-electron chi connectivity index (χ4n) is 3.38. The van der Waals surface area contributed by atoms with Gasteiger partial charge in [-0.05, 0) is 50.1 Å². The molecule has 0 unspecified atom stereocenters. The molecule has 2 aromatic carbocycles. The van der Waals surface area contributed by atoms with Crippen LogP contribution in [0.3, 0.4) is 0 Å². The van der Waals surface area contributed by atoms with Gasteiger partial charge in [-0.25, -0.2) is 4.98 Å². The quantitative estimate of drug-likeness (QED) is 0.301. The second-order valence-corrected chi connectivity index (χ2v) is 7.08. The summed E-state index contributed by atoms with van der Waals surface area (Å²) in [5.41, 5.74) is 2.91. The molecular formula is C24H24N2O4. The van der Waals surface area contributed by atoms with Crippen molar-refractivity contribution in [3.63, 3.8) is 0 Å². The van der Waals surface area contributed by atoms with Gasteiger partial charge in [0.05, 0.1) is 17.8 Å². The van der Waals surface area contributed by atoms with Crippen LogP contribution in [0.5, 0.6) is 5.75 Å². The van der Waals surface area contributed by atoms with E-state index in [-0.39, 0.29) is 12.7 Å². The third-order valence-electron chi connectivity index (χ3n) is 4.91. The van der Waals surface area contributed by atoms with Crippen molar-refractivity contribution in [2.45, 2.75) is 33.4 Å². The average Bonchev–Trinajstić information content (AvgIpc) is 3.34. The Balaban J connectivity index is 1.37. The van der Waals surface area contributed by atoms with Gasteiger partial charge >= 0.3 is 5.97 Å². The zero-order valence-corrected chi connectivity index (χ0v) is 17.1. The minimum atomic E-state index is -0.303. The number of aryl methyl sites for hydroxylation is 2. The van der Waals surface area contributed by atoms with E-state index in [0.29, 0.717) is 12.5 Å². The first kappa shape index (κ1) is 19.8. The van der Waals surface area contributed by atoms with E-state index in [4.69, 9.17) is 13.9 Å². The van der Waals surface area contributed by atoms with E-state index in [1.165, 1.54) is 6.92 Å². The van der Waals surface area contributed by atoms with E-state index in [9.17, 15) is 4.79 Å². The van der Waals surface area contributed by atoms with Gasteiger partial charge in [0.25, 0.3) is 0 Å². The monoisotopic (exact) mass is 404 g/mol. The smallest absolute Gasteiger partial charge is 0.304 e. The maximum absolute atomic E-state index is 11.1. The molecule has 0 fully saturated rings. The van der Waals surface area contributed by atoms with E-state index < -0.39 is 0 Å². The van der Waals surface area contributed by atoms with Crippen LogP contribution in [-0.2, 0) is 22.7 Å². The summed E-state index contributed by atoms with van der Waals surface area (Å²) >= 11 is 0. The van der Waals surface area contributed by atoms with E-state index in [0.717, 1.165) is 46.5 Å². The molecule has 0 atom stereocenters. The summed E-state index contributed by atoms with van der Waals surface area (Å²) in [5, 5.41) is 0.994. The summed E-state index contributed by atoms with van der Waals surface area (Å²) < 4.78 is 18.8. The summed E-state index contributed by atoms with van der Waals surface area (Å²) in [4.78, 5) is 15.7. The predicted octanol–water partition coefficient (Wildman–Crippen LogP) is 5.14. The molecule has 0 radical (unpaired) electrons. The SMILES string of the molecule is CC(=O)OCn1ccc2c(OCCCc3nc(-c4ccccc4)oc3C)cccc21. The molecular weight excluding hydrogens is 380 g/mol. The van der Waals surface area contributed by atoms with E-state index in [1.54, 1.807) is 0 Å². The van der Waals surface area contributed by atoms with E-state index in [1.807, 2.05) is 72.3 Å². The first-order valence-electron chi connectivity index (χ1n) is 9.97. The fourth-order valence-corrected chi connectivity index (χ4v) is 3.38. The Morgan fingerprint density at radius 2 is 1.93 bits per heavy atom. The number of ether oxygens (including phenoxy) is 2. The fraction of sp³-hybridized carbons (Fsp3) is 0.250. The van der Waals surface area contributed by atoms with Crippen LogP contribution in [0.25, 0.3) is 22.4 Å². The van der Waals surface area contributed by atoms with Crippen molar-refractivity contribution in [3.05, 3.63) is 72.2 Å². The molecule has 0 amide bonds. The Morgan fingerprint density at radius 1 is 1.10 bits per heavy atom. The summed E-state index contributed by atoms with van der Waals surface area (Å²) in [5.74, 6) is 2.01. The first-order valence-corrected chi connectivity index (χ1v) is 9.97. The summed E-state index contributed by atoms with van der Waals surface area (Å²) in [6, 6.07) is 17.8. The van der Waals surface area contributed by atoms with Crippen molar-refractivity contribution in [1.82, 2.24) is 9.55 Å². The highest BCUT2D eigenvalue weighted by Gasteiger charge is 2.12. The number of rotatable bonds is 8. The van der Waals surface area contributed by atoms with Crippen molar-refractivity contribution >= 4 is 16.9 Å². The maximum Gasteiger partial charge on any atom is 0.304 e.